The summed E-state index contributed by atoms with van der Waals surface area (Å²) in [6.45, 7) is 2.08. The molecule has 0 atom stereocenters. The van der Waals surface area contributed by atoms with E-state index in [1.54, 1.807) is 10.4 Å². The summed E-state index contributed by atoms with van der Waals surface area (Å²) < 4.78 is 1.38. The summed E-state index contributed by atoms with van der Waals surface area (Å²) >= 11 is 4.37. The van der Waals surface area contributed by atoms with E-state index in [1.165, 1.54) is 39.5 Å². The maximum Gasteiger partial charge on any atom is 0.125 e. The Morgan fingerprint density at radius 2 is 2.13 bits per heavy atom. The quantitative estimate of drug-likeness (QED) is 0.664. The van der Waals surface area contributed by atoms with E-state index in [9.17, 15) is 0 Å². The normalized spacial score (nSPS) is 15.6. The minimum atomic E-state index is 1.14. The Bertz CT molecular complexity index is 530. The van der Waals surface area contributed by atoms with Crippen LogP contribution in [0.25, 0.3) is 10.2 Å². The van der Waals surface area contributed by atoms with Crippen molar-refractivity contribution in [3.05, 3.63) is 25.8 Å². The van der Waals surface area contributed by atoms with E-state index in [-0.39, 0.29) is 0 Å². The fourth-order valence-corrected chi connectivity index (χ4v) is 4.87. The molecular weight excluding hydrogens is 317 g/mol. The van der Waals surface area contributed by atoms with E-state index in [4.69, 9.17) is 0 Å². The van der Waals surface area contributed by atoms with Crippen molar-refractivity contribution in [1.29, 1.82) is 0 Å². The van der Waals surface area contributed by atoms with Crippen molar-refractivity contribution in [2.45, 2.75) is 32.6 Å². The predicted octanol–water partition coefficient (Wildman–Crippen LogP) is 4.09. The van der Waals surface area contributed by atoms with Crippen LogP contribution in [-0.4, -0.2) is 4.98 Å². The Morgan fingerprint density at radius 1 is 1.33 bits per heavy atom. The van der Waals surface area contributed by atoms with E-state index >= 15 is 0 Å². The Kier molecular flexibility index (Phi) is 2.47. The molecule has 15 heavy (non-hydrogen) atoms. The minimum Gasteiger partial charge on any atom is -0.242 e. The van der Waals surface area contributed by atoms with Crippen LogP contribution in [0.3, 0.4) is 0 Å². The van der Waals surface area contributed by atoms with E-state index in [1.807, 2.05) is 11.3 Å². The molecule has 0 aromatic carbocycles. The molecule has 0 saturated carbocycles. The van der Waals surface area contributed by atoms with Gasteiger partial charge in [-0.25, -0.2) is 4.98 Å². The molecular formula is C12H12INS. The Hall–Kier alpha value is -0.160. The topological polar surface area (TPSA) is 12.9 Å². The molecule has 78 valence electrons. The molecule has 3 heteroatoms. The molecule has 2 heterocycles. The Balaban J connectivity index is 2.37. The Morgan fingerprint density at radius 3 is 3.00 bits per heavy atom. The lowest BCUT2D eigenvalue weighted by Gasteiger charge is -2.10. The lowest BCUT2D eigenvalue weighted by atomic mass is 9.97. The summed E-state index contributed by atoms with van der Waals surface area (Å²) in [6, 6.07) is 2.20. The van der Waals surface area contributed by atoms with Crippen LogP contribution in [0.4, 0.5) is 0 Å². The molecule has 1 aliphatic rings. The molecule has 0 amide bonds. The first-order chi connectivity index (χ1) is 7.25. The Labute approximate surface area is 107 Å². The van der Waals surface area contributed by atoms with Gasteiger partial charge in [-0.2, -0.15) is 0 Å². The van der Waals surface area contributed by atoms with Crippen LogP contribution in [0.2, 0.25) is 0 Å². The van der Waals surface area contributed by atoms with Gasteiger partial charge in [0.25, 0.3) is 0 Å². The molecule has 0 spiro atoms. The van der Waals surface area contributed by atoms with Crippen LogP contribution in [0.15, 0.2) is 6.07 Å². The fraction of sp³-hybridized carbons (Fsp3) is 0.417. The highest BCUT2D eigenvalue weighted by Crippen LogP contribution is 2.37. The van der Waals surface area contributed by atoms with Crippen LogP contribution >= 0.6 is 33.9 Å². The molecule has 1 nitrogen and oxygen atoms in total. The van der Waals surface area contributed by atoms with Gasteiger partial charge in [-0.05, 0) is 66.8 Å². The van der Waals surface area contributed by atoms with Gasteiger partial charge in [0.2, 0.25) is 0 Å². The molecule has 0 N–H and O–H groups in total. The van der Waals surface area contributed by atoms with Crippen molar-refractivity contribution in [2.24, 2.45) is 0 Å². The molecule has 0 fully saturated rings. The van der Waals surface area contributed by atoms with Crippen molar-refractivity contribution in [3.63, 3.8) is 0 Å². The van der Waals surface area contributed by atoms with Crippen LogP contribution in [-0.2, 0) is 12.8 Å². The van der Waals surface area contributed by atoms with Crippen LogP contribution in [0, 0.1) is 10.5 Å². The number of aromatic nitrogens is 1. The number of rotatable bonds is 0. The van der Waals surface area contributed by atoms with Gasteiger partial charge >= 0.3 is 0 Å². The summed E-state index contributed by atoms with van der Waals surface area (Å²) in [4.78, 5) is 7.50. The van der Waals surface area contributed by atoms with Crippen molar-refractivity contribution in [3.8, 4) is 0 Å². The third-order valence-corrected chi connectivity index (χ3v) is 5.04. The van der Waals surface area contributed by atoms with Gasteiger partial charge in [0.05, 0.1) is 0 Å². The average Bonchev–Trinajstić information content (AvgIpc) is 2.54. The number of hydrogen-bond donors (Lipinski definition) is 0. The summed E-state index contributed by atoms with van der Waals surface area (Å²) in [7, 11) is 0. The zero-order valence-electron chi connectivity index (χ0n) is 8.64. The van der Waals surface area contributed by atoms with Crippen LogP contribution in [0.1, 0.15) is 29.0 Å². The third kappa shape index (κ3) is 1.60. The van der Waals surface area contributed by atoms with Gasteiger partial charge in [0.1, 0.15) is 4.83 Å². The van der Waals surface area contributed by atoms with E-state index in [2.05, 4.69) is 40.6 Å². The van der Waals surface area contributed by atoms with Gasteiger partial charge < -0.3 is 0 Å². The number of hydrogen-bond acceptors (Lipinski definition) is 2. The molecule has 2 aromatic heterocycles. The molecule has 0 bridgehead atoms. The zero-order valence-corrected chi connectivity index (χ0v) is 11.6. The van der Waals surface area contributed by atoms with E-state index < -0.39 is 0 Å². The van der Waals surface area contributed by atoms with Crippen LogP contribution in [0.5, 0.6) is 0 Å². The maximum atomic E-state index is 4.66. The maximum absolute atomic E-state index is 4.66. The number of halogens is 1. The first-order valence-electron chi connectivity index (χ1n) is 5.33. The highest BCUT2D eigenvalue weighted by Gasteiger charge is 2.18. The van der Waals surface area contributed by atoms with Crippen molar-refractivity contribution in [2.75, 3.05) is 0 Å². The van der Waals surface area contributed by atoms with Crippen molar-refractivity contribution in [1.82, 2.24) is 4.98 Å². The lowest BCUT2D eigenvalue weighted by molar-refractivity contribution is 0.700. The molecule has 0 unspecified atom stereocenters. The average molecular weight is 329 g/mol. The molecule has 3 rings (SSSR count). The number of nitrogens with zero attached hydrogens (tertiary/aromatic N) is 1. The minimum absolute atomic E-state index is 1.14. The number of pyridine rings is 1. The lowest BCUT2D eigenvalue weighted by Crippen LogP contribution is -1.98. The van der Waals surface area contributed by atoms with Gasteiger partial charge in [0, 0.05) is 19.5 Å². The van der Waals surface area contributed by atoms with Crippen molar-refractivity contribution < 1.29 is 0 Å². The number of thiophene rings is 1. The first kappa shape index (κ1) is 10.0. The molecule has 0 radical (unpaired) electrons. The predicted molar refractivity (Wildman–Crippen MR) is 73.7 cm³/mol. The van der Waals surface area contributed by atoms with Crippen molar-refractivity contribution >= 4 is 44.1 Å². The standard InChI is InChI=1S/C12H12INS/c1-7-6-9(13)11-8-4-2-3-5-10(8)15-12(11)14-7/h6H,2-5H2,1H3. The first-order valence-corrected chi connectivity index (χ1v) is 7.22. The van der Waals surface area contributed by atoms with Gasteiger partial charge in [-0.15, -0.1) is 11.3 Å². The molecule has 2 aromatic rings. The van der Waals surface area contributed by atoms with Gasteiger partial charge in [-0.1, -0.05) is 0 Å². The monoisotopic (exact) mass is 329 g/mol. The smallest absolute Gasteiger partial charge is 0.125 e. The molecule has 0 aliphatic heterocycles. The molecule has 0 saturated heterocycles. The highest BCUT2D eigenvalue weighted by molar-refractivity contribution is 14.1. The second kappa shape index (κ2) is 3.70. The van der Waals surface area contributed by atoms with E-state index in [0.717, 1.165) is 5.69 Å². The third-order valence-electron chi connectivity index (χ3n) is 3.01. The molecule has 1 aliphatic carbocycles. The van der Waals surface area contributed by atoms with Gasteiger partial charge in [0.15, 0.2) is 0 Å². The summed E-state index contributed by atoms with van der Waals surface area (Å²) in [5.41, 5.74) is 2.74. The largest absolute Gasteiger partial charge is 0.242 e. The zero-order chi connectivity index (χ0) is 10.4. The summed E-state index contributed by atoms with van der Waals surface area (Å²) in [5.74, 6) is 0. The highest BCUT2D eigenvalue weighted by atomic mass is 127. The fourth-order valence-electron chi connectivity index (χ4n) is 2.32. The number of fused-ring (bicyclic) bond motifs is 3. The second-order valence-electron chi connectivity index (χ2n) is 4.14. The SMILES string of the molecule is Cc1cc(I)c2c3c(sc2n1)CCCC3. The van der Waals surface area contributed by atoms with Gasteiger partial charge in [-0.3, -0.25) is 0 Å². The number of aryl methyl sites for hydroxylation is 3. The summed E-state index contributed by atoms with van der Waals surface area (Å²) in [6.07, 6.45) is 5.24. The van der Waals surface area contributed by atoms with Crippen LogP contribution < -0.4 is 0 Å². The van der Waals surface area contributed by atoms with E-state index in [0.29, 0.717) is 0 Å². The second-order valence-corrected chi connectivity index (χ2v) is 6.38. The summed E-state index contributed by atoms with van der Waals surface area (Å²) in [5, 5.41) is 1.45.